The van der Waals surface area contributed by atoms with Gasteiger partial charge in [-0.1, -0.05) is 36.4 Å². The molecule has 0 spiro atoms. The smallest absolute Gasteiger partial charge is 0.338 e. The summed E-state index contributed by atoms with van der Waals surface area (Å²) in [6.07, 6.45) is 5.61. The first kappa shape index (κ1) is 24.6. The van der Waals surface area contributed by atoms with Gasteiger partial charge in [-0.2, -0.15) is 9.61 Å². The van der Waals surface area contributed by atoms with Crippen LogP contribution in [0.1, 0.15) is 54.6 Å². The van der Waals surface area contributed by atoms with Crippen molar-refractivity contribution in [2.24, 2.45) is 0 Å². The molecule has 0 saturated heterocycles. The number of carbonyl (C=O) groups excluding carboxylic acids is 2. The maximum atomic E-state index is 12.7. The van der Waals surface area contributed by atoms with Crippen molar-refractivity contribution in [3.63, 3.8) is 0 Å². The van der Waals surface area contributed by atoms with Crippen LogP contribution in [-0.2, 0) is 14.3 Å². The third-order valence-corrected chi connectivity index (χ3v) is 7.33. The quantitative estimate of drug-likeness (QED) is 0.305. The zero-order valence-electron chi connectivity index (χ0n) is 21.1. The minimum Gasteiger partial charge on any atom is -0.467 e. The first-order valence-corrected chi connectivity index (χ1v) is 12.2. The molecule has 1 aliphatic carbocycles. The number of hydrogen-bond acceptors (Lipinski definition) is 8. The van der Waals surface area contributed by atoms with Crippen molar-refractivity contribution in [2.75, 3.05) is 20.0 Å². The predicted molar refractivity (Wildman–Crippen MR) is 139 cm³/mol. The third kappa shape index (κ3) is 4.25. The number of nitrogens with zero attached hydrogens (tertiary/aromatic N) is 4. The molecular formula is C28H29N5O4. The molecule has 190 valence electrons. The number of esters is 1. The van der Waals surface area contributed by atoms with Gasteiger partial charge < -0.3 is 15.2 Å². The van der Waals surface area contributed by atoms with Gasteiger partial charge >= 0.3 is 5.97 Å². The van der Waals surface area contributed by atoms with Crippen molar-refractivity contribution in [2.45, 2.75) is 44.1 Å². The first-order valence-electron chi connectivity index (χ1n) is 12.2. The van der Waals surface area contributed by atoms with E-state index in [9.17, 15) is 9.59 Å². The van der Waals surface area contributed by atoms with Crippen LogP contribution in [0.15, 0.2) is 54.9 Å². The van der Waals surface area contributed by atoms with Gasteiger partial charge in [-0.25, -0.2) is 9.78 Å². The lowest BCUT2D eigenvalue weighted by Gasteiger charge is -2.36. The number of carbonyl (C=O) groups is 2. The van der Waals surface area contributed by atoms with E-state index in [1.165, 1.54) is 25.7 Å². The number of benzene rings is 1. The number of methoxy groups -OCH3 is 2. The van der Waals surface area contributed by atoms with E-state index in [-0.39, 0.29) is 23.5 Å². The Hall–Kier alpha value is -4.11. The summed E-state index contributed by atoms with van der Waals surface area (Å²) in [7, 11) is 2.89. The van der Waals surface area contributed by atoms with Crippen LogP contribution >= 0.6 is 0 Å². The lowest BCUT2D eigenvalue weighted by molar-refractivity contribution is -0.170. The maximum absolute atomic E-state index is 12.7. The SMILES string of the molecule is COC(=O)[C@]1(OC)CC[C@@H](c2nc3c(-c4ccc(-c5ccccc5)nc4)cnn3c(N)c2C(C)=O)CC1. The lowest BCUT2D eigenvalue weighted by Crippen LogP contribution is -2.44. The second kappa shape index (κ2) is 9.74. The Morgan fingerprint density at radius 3 is 2.35 bits per heavy atom. The summed E-state index contributed by atoms with van der Waals surface area (Å²) < 4.78 is 12.1. The summed E-state index contributed by atoms with van der Waals surface area (Å²) in [6.45, 7) is 1.48. The number of ketones is 1. The van der Waals surface area contributed by atoms with Crippen LogP contribution in [0.4, 0.5) is 5.82 Å². The molecule has 0 bridgehead atoms. The number of rotatable bonds is 6. The van der Waals surface area contributed by atoms with E-state index in [1.54, 1.807) is 12.4 Å². The van der Waals surface area contributed by atoms with Crippen LogP contribution in [0, 0.1) is 0 Å². The van der Waals surface area contributed by atoms with Crippen molar-refractivity contribution in [3.8, 4) is 22.4 Å². The van der Waals surface area contributed by atoms with E-state index in [4.69, 9.17) is 20.2 Å². The predicted octanol–water partition coefficient (Wildman–Crippen LogP) is 4.46. The second-order valence-corrected chi connectivity index (χ2v) is 9.37. The molecule has 1 aromatic carbocycles. The number of pyridine rings is 1. The Morgan fingerprint density at radius 1 is 1.03 bits per heavy atom. The van der Waals surface area contributed by atoms with Gasteiger partial charge in [0, 0.05) is 35.9 Å². The number of nitrogens with two attached hydrogens (primary N) is 1. The number of ether oxygens (including phenoxy) is 2. The molecule has 2 N–H and O–H groups in total. The Bertz CT molecular complexity index is 1460. The fourth-order valence-electron chi connectivity index (χ4n) is 5.26. The van der Waals surface area contributed by atoms with E-state index in [1.807, 2.05) is 42.5 Å². The summed E-state index contributed by atoms with van der Waals surface area (Å²) in [4.78, 5) is 34.7. The molecule has 0 radical (unpaired) electrons. The summed E-state index contributed by atoms with van der Waals surface area (Å²) in [5, 5.41) is 4.44. The number of hydrogen-bond donors (Lipinski definition) is 1. The molecule has 0 unspecified atom stereocenters. The van der Waals surface area contributed by atoms with Gasteiger partial charge in [0.2, 0.25) is 0 Å². The Morgan fingerprint density at radius 2 is 1.76 bits per heavy atom. The number of anilines is 1. The fraction of sp³-hybridized carbons (Fsp3) is 0.321. The van der Waals surface area contributed by atoms with Crippen molar-refractivity contribution in [1.29, 1.82) is 0 Å². The molecular weight excluding hydrogens is 470 g/mol. The standard InChI is InChI=1S/C28H29N5O4/c1-17(34)23-24(19-11-13-28(37-3,14-12-19)27(35)36-2)32-26-21(16-31-33(26)25(23)29)20-9-10-22(30-15-20)18-7-5-4-6-8-18/h4-10,15-16,19H,11-14,29H2,1-3H3/t19-,28+. The van der Waals surface area contributed by atoms with E-state index in [2.05, 4.69) is 10.1 Å². The maximum Gasteiger partial charge on any atom is 0.338 e. The Kier molecular flexibility index (Phi) is 6.47. The zero-order valence-corrected chi connectivity index (χ0v) is 21.1. The molecule has 0 aliphatic heterocycles. The lowest BCUT2D eigenvalue weighted by atomic mass is 9.76. The van der Waals surface area contributed by atoms with Gasteiger partial charge in [0.15, 0.2) is 17.0 Å². The van der Waals surface area contributed by atoms with Gasteiger partial charge in [0.25, 0.3) is 0 Å². The van der Waals surface area contributed by atoms with Crippen LogP contribution < -0.4 is 5.73 Å². The van der Waals surface area contributed by atoms with Gasteiger partial charge in [0.1, 0.15) is 5.82 Å². The molecule has 3 heterocycles. The van der Waals surface area contributed by atoms with Gasteiger partial charge in [-0.05, 0) is 38.7 Å². The van der Waals surface area contributed by atoms with Crippen LogP contribution in [0.25, 0.3) is 28.0 Å². The molecule has 1 fully saturated rings. The molecule has 9 heteroatoms. The molecule has 0 amide bonds. The Labute approximate surface area is 214 Å². The highest BCUT2D eigenvalue weighted by atomic mass is 16.6. The Balaban J connectivity index is 1.54. The first-order chi connectivity index (χ1) is 17.9. The molecule has 1 aliphatic rings. The molecule has 3 aromatic heterocycles. The van der Waals surface area contributed by atoms with E-state index in [0.29, 0.717) is 42.6 Å². The average molecular weight is 500 g/mol. The minimum absolute atomic E-state index is 0.0690. The van der Waals surface area contributed by atoms with E-state index < -0.39 is 5.60 Å². The highest BCUT2D eigenvalue weighted by molar-refractivity contribution is 6.00. The van der Waals surface area contributed by atoms with Gasteiger partial charge in [-0.3, -0.25) is 9.78 Å². The average Bonchev–Trinajstić information content (AvgIpc) is 3.37. The molecule has 4 aromatic rings. The third-order valence-electron chi connectivity index (χ3n) is 7.33. The molecule has 37 heavy (non-hydrogen) atoms. The number of Topliss-reactive ketones (excluding diaryl/α,β-unsaturated/α-hetero) is 1. The van der Waals surface area contributed by atoms with Crippen LogP contribution in [0.2, 0.25) is 0 Å². The van der Waals surface area contributed by atoms with E-state index >= 15 is 0 Å². The van der Waals surface area contributed by atoms with Gasteiger partial charge in [-0.15, -0.1) is 0 Å². The van der Waals surface area contributed by atoms with Crippen LogP contribution in [0.3, 0.4) is 0 Å². The molecule has 5 rings (SSSR count). The van der Waals surface area contributed by atoms with Crippen molar-refractivity contribution >= 4 is 23.2 Å². The number of fused-ring (bicyclic) bond motifs is 1. The van der Waals surface area contributed by atoms with Crippen LogP contribution in [0.5, 0.6) is 0 Å². The van der Waals surface area contributed by atoms with Gasteiger partial charge in [0.05, 0.1) is 30.3 Å². The minimum atomic E-state index is -0.981. The van der Waals surface area contributed by atoms with Crippen molar-refractivity contribution in [3.05, 3.63) is 66.1 Å². The zero-order chi connectivity index (χ0) is 26.2. The summed E-state index contributed by atoms with van der Waals surface area (Å²) in [5.41, 5.74) is 10.6. The summed E-state index contributed by atoms with van der Waals surface area (Å²) in [5.74, 6) is -0.373. The largest absolute Gasteiger partial charge is 0.467 e. The summed E-state index contributed by atoms with van der Waals surface area (Å²) >= 11 is 0. The molecule has 1 saturated carbocycles. The molecule has 0 atom stereocenters. The van der Waals surface area contributed by atoms with Crippen LogP contribution in [-0.4, -0.2) is 51.2 Å². The van der Waals surface area contributed by atoms with E-state index in [0.717, 1.165) is 22.4 Å². The molecule has 9 nitrogen and oxygen atoms in total. The van der Waals surface area contributed by atoms with Crippen molar-refractivity contribution in [1.82, 2.24) is 19.6 Å². The highest BCUT2D eigenvalue weighted by Gasteiger charge is 2.44. The second-order valence-electron chi connectivity index (χ2n) is 9.37. The topological polar surface area (TPSA) is 122 Å². The summed E-state index contributed by atoms with van der Waals surface area (Å²) in [6, 6.07) is 13.9. The number of nitrogen functional groups attached to an aromatic ring is 1. The normalized spacial score (nSPS) is 19.6. The fourth-order valence-corrected chi connectivity index (χ4v) is 5.26. The monoisotopic (exact) mass is 499 g/mol. The highest BCUT2D eigenvalue weighted by Crippen LogP contribution is 2.42. The van der Waals surface area contributed by atoms with Crippen molar-refractivity contribution < 1.29 is 19.1 Å². The number of aromatic nitrogens is 4.